The molecule has 0 aliphatic heterocycles. The van der Waals surface area contributed by atoms with E-state index in [0.29, 0.717) is 0 Å². The summed E-state index contributed by atoms with van der Waals surface area (Å²) in [5.41, 5.74) is 11.1. The van der Waals surface area contributed by atoms with E-state index < -0.39 is 30.0 Å². The third-order valence-corrected chi connectivity index (χ3v) is 10.1. The van der Waals surface area contributed by atoms with Gasteiger partial charge in [0.2, 0.25) is 0 Å². The quantitative estimate of drug-likeness (QED) is 0.0708. The van der Waals surface area contributed by atoms with E-state index in [9.17, 15) is 25.9 Å². The molecule has 12 heteroatoms. The first-order valence-corrected chi connectivity index (χ1v) is 21.6. The minimum atomic E-state index is -4.79. The first-order valence-electron chi connectivity index (χ1n) is 18.7. The van der Waals surface area contributed by atoms with Gasteiger partial charge in [0.25, 0.3) is 0 Å². The largest absolute Gasteiger partial charge is 0.744 e. The van der Waals surface area contributed by atoms with Gasteiger partial charge in [-0.05, 0) is 73.9 Å². The van der Waals surface area contributed by atoms with E-state index in [1.54, 1.807) is 0 Å². The second kappa shape index (κ2) is 27.2. The number of anilines is 2. The molecule has 0 heterocycles. The van der Waals surface area contributed by atoms with Crippen molar-refractivity contribution < 1.29 is 35.7 Å². The van der Waals surface area contributed by atoms with Crippen molar-refractivity contribution in [3.8, 4) is 0 Å². The smallest absolute Gasteiger partial charge is 0.125 e. The van der Waals surface area contributed by atoms with Crippen LogP contribution < -0.4 is 21.3 Å². The van der Waals surface area contributed by atoms with E-state index in [-0.39, 0.29) is 22.5 Å². The van der Waals surface area contributed by atoms with Crippen molar-refractivity contribution in [1.29, 1.82) is 0 Å². The Morgan fingerprint density at radius 2 is 0.740 bits per heavy atom. The van der Waals surface area contributed by atoms with Crippen LogP contribution in [-0.4, -0.2) is 65.2 Å². The first-order chi connectivity index (χ1) is 23.7. The Labute approximate surface area is 305 Å². The van der Waals surface area contributed by atoms with Crippen LogP contribution in [0, 0.1) is 0 Å². The van der Waals surface area contributed by atoms with E-state index in [2.05, 4.69) is 41.5 Å². The molecular formula is C38H68N4O6S2. The molecular weight excluding hydrogens is 673 g/mol. The second-order valence-electron chi connectivity index (χ2n) is 13.0. The van der Waals surface area contributed by atoms with Crippen LogP contribution in [-0.2, 0) is 20.2 Å². The minimum Gasteiger partial charge on any atom is -0.744 e. The normalized spacial score (nSPS) is 11.8. The van der Waals surface area contributed by atoms with Crippen molar-refractivity contribution in [2.75, 3.05) is 50.7 Å². The third-order valence-electron chi connectivity index (χ3n) is 8.36. The van der Waals surface area contributed by atoms with E-state index in [0.717, 1.165) is 12.1 Å². The van der Waals surface area contributed by atoms with Gasteiger partial charge in [0.1, 0.15) is 20.2 Å². The van der Waals surface area contributed by atoms with Gasteiger partial charge in [-0.3, -0.25) is 0 Å². The lowest BCUT2D eigenvalue weighted by Gasteiger charge is -2.18. The van der Waals surface area contributed by atoms with Gasteiger partial charge < -0.3 is 30.4 Å². The van der Waals surface area contributed by atoms with Crippen LogP contribution in [0.5, 0.6) is 0 Å². The molecule has 0 saturated carbocycles. The van der Waals surface area contributed by atoms with Gasteiger partial charge in [-0.2, -0.15) is 0 Å². The number of benzene rings is 2. The summed E-state index contributed by atoms with van der Waals surface area (Å²) in [4.78, 5) is 2.57. The Bertz CT molecular complexity index is 1290. The molecule has 6 N–H and O–H groups in total. The molecule has 2 aromatic rings. The molecule has 0 aliphatic carbocycles. The van der Waals surface area contributed by atoms with Gasteiger partial charge in [-0.1, -0.05) is 104 Å². The van der Waals surface area contributed by atoms with Crippen molar-refractivity contribution in [2.24, 2.45) is 0 Å². The number of unbranched alkanes of at least 4 members (excludes halogenated alkanes) is 6. The van der Waals surface area contributed by atoms with Gasteiger partial charge in [-0.25, -0.2) is 16.8 Å². The Morgan fingerprint density at radius 1 is 0.500 bits per heavy atom. The molecule has 50 heavy (non-hydrogen) atoms. The van der Waals surface area contributed by atoms with E-state index in [1.807, 2.05) is 9.80 Å². The van der Waals surface area contributed by atoms with Crippen LogP contribution >= 0.6 is 0 Å². The van der Waals surface area contributed by atoms with E-state index >= 15 is 0 Å². The Morgan fingerprint density at radius 3 is 0.940 bits per heavy atom. The molecule has 288 valence electrons. The van der Waals surface area contributed by atoms with Gasteiger partial charge in [0.15, 0.2) is 0 Å². The van der Waals surface area contributed by atoms with Gasteiger partial charge in [0, 0.05) is 11.4 Å². The maximum Gasteiger partial charge on any atom is 0.125 e. The third kappa shape index (κ3) is 21.7. The second-order valence-corrected chi connectivity index (χ2v) is 15.7. The lowest BCUT2D eigenvalue weighted by molar-refractivity contribution is -0.900. The Hall–Kier alpha value is -2.48. The van der Waals surface area contributed by atoms with Crippen LogP contribution in [0.4, 0.5) is 11.4 Å². The fourth-order valence-electron chi connectivity index (χ4n) is 5.30. The molecule has 10 nitrogen and oxygen atoms in total. The number of hydrogen-bond acceptors (Lipinski definition) is 8. The van der Waals surface area contributed by atoms with Gasteiger partial charge >= 0.3 is 0 Å². The number of nitrogen functional groups attached to an aromatic ring is 2. The minimum absolute atomic E-state index is 0.00488. The topological polar surface area (TPSA) is 175 Å². The van der Waals surface area contributed by atoms with Crippen LogP contribution in [0.15, 0.2) is 46.2 Å². The Balaban J connectivity index is 0.000000789. The number of hydrogen-bond donors (Lipinski definition) is 4. The van der Waals surface area contributed by atoms with Gasteiger partial charge in [-0.15, -0.1) is 0 Å². The predicted octanol–water partition coefficient (Wildman–Crippen LogP) is 5.37. The fourth-order valence-corrected chi connectivity index (χ4v) is 6.71. The molecule has 0 fully saturated rings. The zero-order chi connectivity index (χ0) is 38.0. The zero-order valence-electron chi connectivity index (χ0n) is 31.8. The SMILES string of the molecule is CCCC[NH+](CCCC)CCCC.CCCC[NH+](CCCC)CCCC.Nc1ccc(C=Cc2ccc(N)cc2S(=O)(=O)[O-])c(S(=O)(=O)[O-])c1. The number of quaternary nitrogens is 2. The summed E-state index contributed by atoms with van der Waals surface area (Å²) in [5, 5.41) is 0. The van der Waals surface area contributed by atoms with Crippen molar-refractivity contribution in [3.05, 3.63) is 47.5 Å². The summed E-state index contributed by atoms with van der Waals surface area (Å²) in [7, 11) is -9.57. The monoisotopic (exact) mass is 740 g/mol. The molecule has 0 unspecified atom stereocenters. The van der Waals surface area contributed by atoms with Crippen molar-refractivity contribution in [3.63, 3.8) is 0 Å². The average Bonchev–Trinajstić information content (AvgIpc) is 3.07. The van der Waals surface area contributed by atoms with E-state index in [1.165, 1.54) is 153 Å². The lowest BCUT2D eigenvalue weighted by atomic mass is 10.1. The highest BCUT2D eigenvalue weighted by Gasteiger charge is 2.11. The highest BCUT2D eigenvalue weighted by Crippen LogP contribution is 2.24. The summed E-state index contributed by atoms with van der Waals surface area (Å²) in [5.74, 6) is 0. The summed E-state index contributed by atoms with van der Waals surface area (Å²) in [6, 6.07) is 7.33. The van der Waals surface area contributed by atoms with Crippen LogP contribution in [0.2, 0.25) is 0 Å². The lowest BCUT2D eigenvalue weighted by Crippen LogP contribution is -3.12. The Kier molecular flexibility index (Phi) is 25.9. The average molecular weight is 741 g/mol. The molecule has 0 atom stereocenters. The maximum atomic E-state index is 11.3. The molecule has 0 amide bonds. The number of nitrogens with two attached hydrogens (primary N) is 2. The molecule has 0 bridgehead atoms. The number of nitrogens with one attached hydrogen (secondary N) is 2. The molecule has 0 aromatic heterocycles. The van der Waals surface area contributed by atoms with Crippen LogP contribution in [0.25, 0.3) is 12.2 Å². The zero-order valence-corrected chi connectivity index (χ0v) is 33.4. The molecule has 0 radical (unpaired) electrons. The highest BCUT2D eigenvalue weighted by molar-refractivity contribution is 7.86. The summed E-state index contributed by atoms with van der Waals surface area (Å²) < 4.78 is 67.7. The number of rotatable bonds is 22. The summed E-state index contributed by atoms with van der Waals surface area (Å²) in [6.07, 6.45) is 18.9. The van der Waals surface area contributed by atoms with Crippen molar-refractivity contribution in [2.45, 2.75) is 128 Å². The summed E-state index contributed by atoms with van der Waals surface area (Å²) in [6.45, 7) is 22.1. The van der Waals surface area contributed by atoms with Crippen LogP contribution in [0.3, 0.4) is 0 Å². The maximum absolute atomic E-state index is 11.3. The predicted molar refractivity (Wildman–Crippen MR) is 207 cm³/mol. The molecule has 2 aromatic carbocycles. The van der Waals surface area contributed by atoms with Crippen molar-refractivity contribution >= 4 is 43.8 Å². The molecule has 0 aliphatic rings. The first kappa shape index (κ1) is 47.5. The molecule has 0 saturated heterocycles. The van der Waals surface area contributed by atoms with Crippen molar-refractivity contribution in [1.82, 2.24) is 0 Å². The van der Waals surface area contributed by atoms with E-state index in [4.69, 9.17) is 11.5 Å². The molecule has 2 rings (SSSR count). The highest BCUT2D eigenvalue weighted by atomic mass is 32.2. The summed E-state index contributed by atoms with van der Waals surface area (Å²) >= 11 is 0. The molecule has 0 spiro atoms. The fraction of sp³-hybridized carbons (Fsp3) is 0.632. The van der Waals surface area contributed by atoms with Gasteiger partial charge in [0.05, 0.1) is 49.1 Å². The van der Waals surface area contributed by atoms with Crippen LogP contribution in [0.1, 0.15) is 130 Å². The standard InChI is InChI=1S/C14H14N2O6S2.2C12H27N/c15-11-5-3-9(13(7-11)23(17,18)19)1-2-10-4-6-12(16)8-14(10)24(20,21)22;2*1-4-7-10-13(11-8-5-2)12-9-6-3/h1-8H,15-16H2,(H,17,18,19)(H,20,21,22);2*4-12H2,1-3H3.